The number of hydrogen-bond acceptors (Lipinski definition) is 4. The van der Waals surface area contributed by atoms with Crippen LogP contribution in [0.1, 0.15) is 13.8 Å². The molecule has 7 heteroatoms. The average molecular weight is 267 g/mol. The van der Waals surface area contributed by atoms with Gasteiger partial charge in [-0.05, 0) is 26.0 Å². The lowest BCUT2D eigenvalue weighted by atomic mass is 10.1. The molecular formula is C12H17N3O4. The van der Waals surface area contributed by atoms with Crippen molar-refractivity contribution in [3.05, 3.63) is 34.4 Å². The highest BCUT2D eigenvalue weighted by molar-refractivity contribution is 5.89. The van der Waals surface area contributed by atoms with Crippen LogP contribution in [-0.2, 0) is 4.74 Å². The number of anilines is 1. The van der Waals surface area contributed by atoms with Crippen LogP contribution in [0.15, 0.2) is 24.3 Å². The number of nitrogens with one attached hydrogen (secondary N) is 2. The van der Waals surface area contributed by atoms with Gasteiger partial charge in [0.1, 0.15) is 0 Å². The van der Waals surface area contributed by atoms with E-state index in [1.165, 1.54) is 24.3 Å². The summed E-state index contributed by atoms with van der Waals surface area (Å²) < 4.78 is 4.98. The lowest BCUT2D eigenvalue weighted by molar-refractivity contribution is -0.384. The Morgan fingerprint density at radius 1 is 1.37 bits per heavy atom. The summed E-state index contributed by atoms with van der Waals surface area (Å²) in [5, 5.41) is 15.8. The molecule has 0 aromatic heterocycles. The van der Waals surface area contributed by atoms with Crippen molar-refractivity contribution in [2.24, 2.45) is 0 Å². The van der Waals surface area contributed by atoms with Crippen molar-refractivity contribution in [3.63, 3.8) is 0 Å². The first kappa shape index (κ1) is 14.9. The normalized spacial score (nSPS) is 10.9. The number of nitro groups is 1. The summed E-state index contributed by atoms with van der Waals surface area (Å²) in [6.45, 7) is 4.03. The number of rotatable bonds is 5. The van der Waals surface area contributed by atoms with E-state index in [-0.39, 0.29) is 5.69 Å². The number of benzene rings is 1. The van der Waals surface area contributed by atoms with Gasteiger partial charge in [0.05, 0.1) is 17.1 Å². The van der Waals surface area contributed by atoms with Gasteiger partial charge in [-0.15, -0.1) is 0 Å². The number of carbonyl (C=O) groups excluding carboxylic acids is 1. The van der Waals surface area contributed by atoms with Crippen molar-refractivity contribution in [1.29, 1.82) is 0 Å². The number of ether oxygens (including phenoxy) is 1. The summed E-state index contributed by atoms with van der Waals surface area (Å²) in [4.78, 5) is 21.7. The Kier molecular flexibility index (Phi) is 4.82. The van der Waals surface area contributed by atoms with Crippen molar-refractivity contribution < 1.29 is 14.5 Å². The van der Waals surface area contributed by atoms with Gasteiger partial charge < -0.3 is 15.4 Å². The van der Waals surface area contributed by atoms with Gasteiger partial charge in [0.25, 0.3) is 5.69 Å². The fourth-order valence-corrected chi connectivity index (χ4v) is 1.53. The molecule has 2 amide bonds. The molecule has 0 radical (unpaired) electrons. The average Bonchev–Trinajstić information content (AvgIpc) is 2.28. The third kappa shape index (κ3) is 4.92. The molecule has 0 fully saturated rings. The summed E-state index contributed by atoms with van der Waals surface area (Å²) in [5.41, 5.74) is -0.0402. The van der Waals surface area contributed by atoms with Crippen LogP contribution in [0.5, 0.6) is 0 Å². The topological polar surface area (TPSA) is 93.5 Å². The number of carbonyl (C=O) groups is 1. The quantitative estimate of drug-likeness (QED) is 0.631. The van der Waals surface area contributed by atoms with Gasteiger partial charge in [0, 0.05) is 24.9 Å². The molecule has 1 aromatic rings. The SMILES string of the molecule is COCC(C)(C)NC(=O)Nc1ccc([N+](=O)[O-])cc1. The molecule has 0 saturated heterocycles. The van der Waals surface area contributed by atoms with Crippen LogP contribution in [0.3, 0.4) is 0 Å². The van der Waals surface area contributed by atoms with E-state index >= 15 is 0 Å². The van der Waals surface area contributed by atoms with Crippen LogP contribution in [0.4, 0.5) is 16.2 Å². The van der Waals surface area contributed by atoms with Crippen LogP contribution in [0, 0.1) is 10.1 Å². The van der Waals surface area contributed by atoms with E-state index in [4.69, 9.17) is 4.74 Å². The van der Waals surface area contributed by atoms with Crippen LogP contribution in [-0.4, -0.2) is 30.2 Å². The van der Waals surface area contributed by atoms with Crippen molar-refractivity contribution in [3.8, 4) is 0 Å². The molecule has 0 spiro atoms. The van der Waals surface area contributed by atoms with Gasteiger partial charge in [-0.3, -0.25) is 10.1 Å². The van der Waals surface area contributed by atoms with E-state index in [1.54, 1.807) is 7.11 Å². The molecule has 0 aliphatic rings. The van der Waals surface area contributed by atoms with Crippen molar-refractivity contribution in [1.82, 2.24) is 5.32 Å². The molecular weight excluding hydrogens is 250 g/mol. The molecule has 0 saturated carbocycles. The fourth-order valence-electron chi connectivity index (χ4n) is 1.53. The zero-order valence-electron chi connectivity index (χ0n) is 11.1. The summed E-state index contributed by atoms with van der Waals surface area (Å²) in [6, 6.07) is 5.21. The minimum atomic E-state index is -0.500. The Balaban J connectivity index is 2.59. The predicted molar refractivity (Wildman–Crippen MR) is 71.2 cm³/mol. The van der Waals surface area contributed by atoms with Crippen LogP contribution in [0.2, 0.25) is 0 Å². The summed E-state index contributed by atoms with van der Waals surface area (Å²) in [7, 11) is 1.55. The third-order valence-corrected chi connectivity index (χ3v) is 2.29. The highest BCUT2D eigenvalue weighted by Gasteiger charge is 2.20. The highest BCUT2D eigenvalue weighted by Crippen LogP contribution is 2.15. The Labute approximate surface area is 111 Å². The number of methoxy groups -OCH3 is 1. The molecule has 104 valence electrons. The smallest absolute Gasteiger partial charge is 0.319 e. The van der Waals surface area contributed by atoms with Crippen molar-refractivity contribution in [2.75, 3.05) is 19.0 Å². The third-order valence-electron chi connectivity index (χ3n) is 2.29. The number of nitro benzene ring substituents is 1. The minimum absolute atomic E-state index is 0.0225. The molecule has 0 unspecified atom stereocenters. The monoisotopic (exact) mass is 267 g/mol. The molecule has 0 aliphatic heterocycles. The van der Waals surface area contributed by atoms with Gasteiger partial charge in [-0.25, -0.2) is 4.79 Å². The highest BCUT2D eigenvalue weighted by atomic mass is 16.6. The Bertz CT molecular complexity index is 457. The predicted octanol–water partition coefficient (Wildman–Crippen LogP) is 2.14. The van der Waals surface area contributed by atoms with E-state index in [0.29, 0.717) is 12.3 Å². The van der Waals surface area contributed by atoms with Crippen LogP contribution in [0.25, 0.3) is 0 Å². The van der Waals surface area contributed by atoms with E-state index < -0.39 is 16.5 Å². The second kappa shape index (κ2) is 6.14. The molecule has 19 heavy (non-hydrogen) atoms. The number of urea groups is 1. The molecule has 2 N–H and O–H groups in total. The molecule has 1 aromatic carbocycles. The number of amides is 2. The Morgan fingerprint density at radius 3 is 2.42 bits per heavy atom. The van der Waals surface area contributed by atoms with E-state index in [2.05, 4.69) is 10.6 Å². The standard InChI is InChI=1S/C12H17N3O4/c1-12(2,8-19-3)14-11(16)13-9-4-6-10(7-5-9)15(17)18/h4-7H,8H2,1-3H3,(H2,13,14,16). The van der Waals surface area contributed by atoms with Gasteiger partial charge in [-0.2, -0.15) is 0 Å². The lowest BCUT2D eigenvalue weighted by Gasteiger charge is -2.25. The zero-order valence-corrected chi connectivity index (χ0v) is 11.1. The minimum Gasteiger partial charge on any atom is -0.382 e. The maximum Gasteiger partial charge on any atom is 0.319 e. The molecule has 7 nitrogen and oxygen atoms in total. The second-order valence-corrected chi connectivity index (χ2v) is 4.70. The molecule has 1 rings (SSSR count). The van der Waals surface area contributed by atoms with Crippen molar-refractivity contribution in [2.45, 2.75) is 19.4 Å². The Hall–Kier alpha value is -2.15. The van der Waals surface area contributed by atoms with Gasteiger partial charge in [0.15, 0.2) is 0 Å². The number of non-ortho nitro benzene ring substituents is 1. The van der Waals surface area contributed by atoms with E-state index in [9.17, 15) is 14.9 Å². The zero-order chi connectivity index (χ0) is 14.5. The number of nitrogens with zero attached hydrogens (tertiary/aromatic N) is 1. The van der Waals surface area contributed by atoms with Gasteiger partial charge in [0.2, 0.25) is 0 Å². The largest absolute Gasteiger partial charge is 0.382 e. The van der Waals surface area contributed by atoms with E-state index in [0.717, 1.165) is 0 Å². The van der Waals surface area contributed by atoms with Gasteiger partial charge in [-0.1, -0.05) is 0 Å². The first-order valence-corrected chi connectivity index (χ1v) is 5.66. The first-order valence-electron chi connectivity index (χ1n) is 5.66. The maximum atomic E-state index is 11.7. The van der Waals surface area contributed by atoms with Crippen LogP contribution < -0.4 is 10.6 Å². The maximum absolute atomic E-state index is 11.7. The molecule has 0 bridgehead atoms. The summed E-state index contributed by atoms with van der Waals surface area (Å²) in [6.07, 6.45) is 0. The first-order chi connectivity index (χ1) is 8.84. The Morgan fingerprint density at radius 2 is 1.95 bits per heavy atom. The fraction of sp³-hybridized carbons (Fsp3) is 0.417. The molecule has 0 aliphatic carbocycles. The molecule has 0 heterocycles. The lowest BCUT2D eigenvalue weighted by Crippen LogP contribution is -2.48. The summed E-state index contributed by atoms with van der Waals surface area (Å²) in [5.74, 6) is 0. The van der Waals surface area contributed by atoms with Crippen molar-refractivity contribution >= 4 is 17.4 Å². The van der Waals surface area contributed by atoms with Gasteiger partial charge >= 0.3 is 6.03 Å². The van der Waals surface area contributed by atoms with Crippen LogP contribution >= 0.6 is 0 Å². The second-order valence-electron chi connectivity index (χ2n) is 4.70. The summed E-state index contributed by atoms with van der Waals surface area (Å²) >= 11 is 0. The number of hydrogen-bond donors (Lipinski definition) is 2. The molecule has 0 atom stereocenters. The van der Waals surface area contributed by atoms with E-state index in [1.807, 2.05) is 13.8 Å².